The number of esters is 1. The van der Waals surface area contributed by atoms with Crippen molar-refractivity contribution >= 4 is 55.3 Å². The third-order valence-electron chi connectivity index (χ3n) is 5.55. The molecular formula is C22H43IO3SiSn. The van der Waals surface area contributed by atoms with E-state index in [2.05, 4.69) is 90.4 Å². The maximum atomic E-state index is 12.8. The van der Waals surface area contributed by atoms with Crippen LogP contribution in [0.25, 0.3) is 0 Å². The van der Waals surface area contributed by atoms with Crippen molar-refractivity contribution in [3.05, 3.63) is 19.3 Å². The van der Waals surface area contributed by atoms with E-state index in [9.17, 15) is 4.79 Å². The summed E-state index contributed by atoms with van der Waals surface area (Å²) in [7, 11) is -1.73. The fourth-order valence-electron chi connectivity index (χ4n) is 2.79. The molecule has 0 aliphatic heterocycles. The molecule has 0 saturated heterocycles. The summed E-state index contributed by atoms with van der Waals surface area (Å²) in [5.74, 6) is -0.153. The molecule has 0 fully saturated rings. The molecular weight excluding hydrogens is 586 g/mol. The topological polar surface area (TPSA) is 35.5 Å². The van der Waals surface area contributed by atoms with Gasteiger partial charge in [-0.05, 0) is 0 Å². The van der Waals surface area contributed by atoms with Crippen LogP contribution < -0.4 is 0 Å². The van der Waals surface area contributed by atoms with Crippen molar-refractivity contribution in [2.24, 2.45) is 5.92 Å². The van der Waals surface area contributed by atoms with Crippen molar-refractivity contribution in [2.75, 3.05) is 13.2 Å². The predicted molar refractivity (Wildman–Crippen MR) is 136 cm³/mol. The van der Waals surface area contributed by atoms with Gasteiger partial charge in [-0.2, -0.15) is 0 Å². The van der Waals surface area contributed by atoms with Crippen molar-refractivity contribution in [1.29, 1.82) is 0 Å². The van der Waals surface area contributed by atoms with Crippen LogP contribution in [0, 0.1) is 5.92 Å². The van der Waals surface area contributed by atoms with E-state index < -0.39 is 26.7 Å². The van der Waals surface area contributed by atoms with Gasteiger partial charge < -0.3 is 0 Å². The van der Waals surface area contributed by atoms with E-state index in [4.69, 9.17) is 9.16 Å². The molecule has 3 nitrogen and oxygen atoms in total. The summed E-state index contributed by atoms with van der Waals surface area (Å²) in [6.07, 6.45) is 7.10. The van der Waals surface area contributed by atoms with Gasteiger partial charge in [0.15, 0.2) is 0 Å². The van der Waals surface area contributed by atoms with Gasteiger partial charge in [0.1, 0.15) is 0 Å². The van der Waals surface area contributed by atoms with E-state index in [0.717, 1.165) is 25.9 Å². The van der Waals surface area contributed by atoms with E-state index in [0.29, 0.717) is 6.61 Å². The van der Waals surface area contributed by atoms with Crippen LogP contribution in [0.2, 0.25) is 33.0 Å². The molecule has 0 radical (unpaired) electrons. The average Bonchev–Trinajstić information content (AvgIpc) is 2.54. The van der Waals surface area contributed by atoms with Crippen molar-refractivity contribution in [3.63, 3.8) is 0 Å². The average molecular weight is 629 g/mol. The van der Waals surface area contributed by atoms with Crippen LogP contribution in [0.3, 0.4) is 0 Å². The molecule has 6 heteroatoms. The van der Waals surface area contributed by atoms with E-state index in [1.165, 1.54) is 7.17 Å². The van der Waals surface area contributed by atoms with E-state index >= 15 is 0 Å². The maximum absolute atomic E-state index is 12.8. The molecule has 0 bridgehead atoms. The Hall–Kier alpha value is 0.656. The van der Waals surface area contributed by atoms with E-state index in [1.54, 1.807) is 0 Å². The number of halogens is 1. The molecule has 164 valence electrons. The van der Waals surface area contributed by atoms with Gasteiger partial charge in [-0.15, -0.1) is 0 Å². The van der Waals surface area contributed by atoms with Crippen molar-refractivity contribution < 1.29 is 14.0 Å². The third kappa shape index (κ3) is 10.1. The van der Waals surface area contributed by atoms with Crippen LogP contribution in [0.15, 0.2) is 19.3 Å². The Kier molecular flexibility index (Phi) is 12.8. The zero-order valence-corrected chi connectivity index (χ0v) is 25.9. The molecule has 0 N–H and O–H groups in total. The van der Waals surface area contributed by atoms with Gasteiger partial charge >= 0.3 is 194 Å². The van der Waals surface area contributed by atoms with Crippen LogP contribution in [0.4, 0.5) is 0 Å². The normalized spacial score (nSPS) is 15.5. The molecule has 1 atom stereocenters. The summed E-state index contributed by atoms with van der Waals surface area (Å²) >= 11 is -0.0983. The SMILES string of the molecule is C/C=C(/I)CCC(C(=O)OCC)/[C](=C/CCO[Si](C)(C)C(C)(C)C)[Sn]([CH3])([CH3])[CH3]. The molecule has 0 aromatic rings. The van der Waals surface area contributed by atoms with Crippen LogP contribution >= 0.6 is 22.6 Å². The van der Waals surface area contributed by atoms with E-state index in [-0.39, 0.29) is 16.9 Å². The van der Waals surface area contributed by atoms with Crippen molar-refractivity contribution in [2.45, 2.75) is 86.8 Å². The molecule has 28 heavy (non-hydrogen) atoms. The second-order valence-electron chi connectivity index (χ2n) is 9.89. The molecule has 0 heterocycles. The Labute approximate surface area is 193 Å². The molecule has 0 amide bonds. The number of hydrogen-bond donors (Lipinski definition) is 0. The summed E-state index contributed by atoms with van der Waals surface area (Å²) < 4.78 is 14.5. The summed E-state index contributed by atoms with van der Waals surface area (Å²) in [5, 5.41) is 0.222. The van der Waals surface area contributed by atoms with Crippen LogP contribution in [-0.2, 0) is 14.0 Å². The fraction of sp³-hybridized carbons (Fsp3) is 0.773. The van der Waals surface area contributed by atoms with Gasteiger partial charge in [0.25, 0.3) is 0 Å². The van der Waals surface area contributed by atoms with E-state index in [1.807, 2.05) is 6.92 Å². The molecule has 0 aliphatic carbocycles. The molecule has 0 spiro atoms. The summed E-state index contributed by atoms with van der Waals surface area (Å²) in [6.45, 7) is 16.5. The number of ether oxygens (including phenoxy) is 1. The van der Waals surface area contributed by atoms with Gasteiger partial charge in [0.05, 0.1) is 0 Å². The number of carbonyl (C=O) groups excluding carboxylic acids is 1. The van der Waals surface area contributed by atoms with Crippen molar-refractivity contribution in [3.8, 4) is 0 Å². The monoisotopic (exact) mass is 630 g/mol. The second-order valence-corrected chi connectivity index (χ2v) is 30.6. The minimum absolute atomic E-state index is 0.0500. The van der Waals surface area contributed by atoms with Gasteiger partial charge in [0, 0.05) is 0 Å². The first-order valence-corrected chi connectivity index (χ1v) is 24.5. The summed E-state index contributed by atoms with van der Waals surface area (Å²) in [6, 6.07) is 0. The Bertz CT molecular complexity index is 557. The van der Waals surface area contributed by atoms with Gasteiger partial charge in [-0.1, -0.05) is 0 Å². The number of allylic oxidation sites excluding steroid dienone is 2. The van der Waals surface area contributed by atoms with Gasteiger partial charge in [-0.25, -0.2) is 0 Å². The number of hydrogen-bond acceptors (Lipinski definition) is 3. The molecule has 1 unspecified atom stereocenters. The molecule has 0 aromatic heterocycles. The summed E-state index contributed by atoms with van der Waals surface area (Å²) in [5.41, 5.74) is 0. The zero-order valence-electron chi connectivity index (χ0n) is 19.9. The molecule has 0 rings (SSSR count). The molecule has 0 aliphatic rings. The van der Waals surface area contributed by atoms with Gasteiger partial charge in [0.2, 0.25) is 0 Å². The Morgan fingerprint density at radius 2 is 1.79 bits per heavy atom. The fourth-order valence-corrected chi connectivity index (χ4v) is 10.1. The standard InChI is InChI=1S/C19H34IO3Si.3CH3.Sn/c1-8-17(20)14-13-16(18(21)22-9-2)12-10-11-15-23-24(6,7)19(3,4)5;;;;/h8,10,16H,9,11,13-15H2,1-7H3;3*1H3;/b12-10?,17-8+;;;;. The Morgan fingerprint density at radius 1 is 1.21 bits per heavy atom. The quantitative estimate of drug-likeness (QED) is 0.103. The second kappa shape index (κ2) is 12.5. The molecule has 0 aromatic carbocycles. The minimum atomic E-state index is -2.47. The van der Waals surface area contributed by atoms with Crippen LogP contribution in [0.1, 0.15) is 53.9 Å². The zero-order chi connectivity index (χ0) is 22.2. The van der Waals surface area contributed by atoms with Crippen molar-refractivity contribution in [1.82, 2.24) is 0 Å². The summed E-state index contributed by atoms with van der Waals surface area (Å²) in [4.78, 5) is 20.0. The number of rotatable bonds is 11. The number of carbonyl (C=O) groups is 1. The van der Waals surface area contributed by atoms with Crippen LogP contribution in [-0.4, -0.2) is 45.9 Å². The van der Waals surface area contributed by atoms with Crippen LogP contribution in [0.5, 0.6) is 0 Å². The Balaban J connectivity index is 5.45. The van der Waals surface area contributed by atoms with Gasteiger partial charge in [-0.3, -0.25) is 0 Å². The first-order chi connectivity index (χ1) is 12.7. The predicted octanol–water partition coefficient (Wildman–Crippen LogP) is 7.50. The first-order valence-electron chi connectivity index (χ1n) is 10.5. The third-order valence-corrected chi connectivity index (χ3v) is 17.8. The first kappa shape index (κ1) is 28.7. The Morgan fingerprint density at radius 3 is 2.21 bits per heavy atom. The molecule has 0 saturated carbocycles.